The predicted molar refractivity (Wildman–Crippen MR) is 91.3 cm³/mol. The van der Waals surface area contributed by atoms with Crippen LogP contribution in [0.15, 0.2) is 60.9 Å². The number of nitrogens with zero attached hydrogens (tertiary/aromatic N) is 3. The van der Waals surface area contributed by atoms with Crippen molar-refractivity contribution in [3.63, 3.8) is 0 Å². The third kappa shape index (κ3) is 3.60. The van der Waals surface area contributed by atoms with Gasteiger partial charge < -0.3 is 10.1 Å². The Hall–Kier alpha value is -3.15. The van der Waals surface area contributed by atoms with Gasteiger partial charge in [0, 0.05) is 18.0 Å². The monoisotopic (exact) mass is 322 g/mol. The summed E-state index contributed by atoms with van der Waals surface area (Å²) < 4.78 is 7.44. The minimum atomic E-state index is -0.690. The van der Waals surface area contributed by atoms with Crippen molar-refractivity contribution in [2.75, 3.05) is 5.32 Å². The minimum Gasteiger partial charge on any atom is -0.463 e. The molecule has 122 valence electrons. The zero-order valence-electron chi connectivity index (χ0n) is 13.5. The molecule has 1 N–H and O–H groups in total. The maximum atomic E-state index is 12.2. The summed E-state index contributed by atoms with van der Waals surface area (Å²) in [6.45, 7) is 3.57. The molecule has 6 heteroatoms. The van der Waals surface area contributed by atoms with E-state index >= 15 is 0 Å². The molecule has 0 aliphatic heterocycles. The van der Waals surface area contributed by atoms with Gasteiger partial charge in [-0.2, -0.15) is 0 Å². The number of amides is 1. The Bertz CT molecular complexity index is 816. The molecule has 2 heterocycles. The molecule has 0 saturated carbocycles. The van der Waals surface area contributed by atoms with Crippen LogP contribution >= 0.6 is 0 Å². The molecule has 0 radical (unpaired) electrons. The van der Waals surface area contributed by atoms with Gasteiger partial charge in [-0.15, -0.1) is 5.10 Å². The predicted octanol–water partition coefficient (Wildman–Crippen LogP) is 2.98. The lowest BCUT2D eigenvalue weighted by Crippen LogP contribution is -2.30. The van der Waals surface area contributed by atoms with Gasteiger partial charge in [0.05, 0.1) is 5.69 Å². The number of ether oxygens (including phenoxy) is 1. The van der Waals surface area contributed by atoms with Crippen LogP contribution in [-0.4, -0.2) is 26.8 Å². The van der Waals surface area contributed by atoms with Crippen LogP contribution in [0.5, 0.6) is 5.88 Å². The largest absolute Gasteiger partial charge is 0.463 e. The molecule has 0 spiro atoms. The lowest BCUT2D eigenvalue weighted by atomic mass is 10.3. The molecule has 2 aromatic heterocycles. The van der Waals surface area contributed by atoms with E-state index in [1.165, 1.54) is 0 Å². The normalized spacial score (nSPS) is 11.8. The van der Waals surface area contributed by atoms with Crippen molar-refractivity contribution >= 4 is 11.7 Å². The van der Waals surface area contributed by atoms with E-state index in [-0.39, 0.29) is 5.91 Å². The fraction of sp³-hybridized carbons (Fsp3) is 0.167. The van der Waals surface area contributed by atoms with Gasteiger partial charge in [-0.25, -0.2) is 9.67 Å². The molecule has 0 aliphatic rings. The van der Waals surface area contributed by atoms with Crippen LogP contribution < -0.4 is 10.1 Å². The molecular formula is C18H18N4O2. The van der Waals surface area contributed by atoms with Crippen LogP contribution in [0.3, 0.4) is 0 Å². The number of rotatable bonds is 5. The van der Waals surface area contributed by atoms with Crippen LogP contribution in [-0.2, 0) is 4.79 Å². The number of hydrogen-bond donors (Lipinski definition) is 1. The fourth-order valence-corrected chi connectivity index (χ4v) is 2.16. The molecule has 1 atom stereocenters. The zero-order chi connectivity index (χ0) is 16.9. The van der Waals surface area contributed by atoms with Gasteiger partial charge >= 0.3 is 0 Å². The average Bonchev–Trinajstić information content (AvgIpc) is 2.97. The van der Waals surface area contributed by atoms with Crippen molar-refractivity contribution in [3.8, 4) is 11.6 Å². The van der Waals surface area contributed by atoms with Gasteiger partial charge in [0.2, 0.25) is 5.88 Å². The van der Waals surface area contributed by atoms with E-state index in [1.54, 1.807) is 36.0 Å². The van der Waals surface area contributed by atoms with E-state index in [4.69, 9.17) is 4.74 Å². The van der Waals surface area contributed by atoms with Crippen molar-refractivity contribution < 1.29 is 9.53 Å². The smallest absolute Gasteiger partial charge is 0.266 e. The minimum absolute atomic E-state index is 0.276. The van der Waals surface area contributed by atoms with Gasteiger partial charge in [0.25, 0.3) is 5.91 Å². The number of aryl methyl sites for hydroxylation is 1. The zero-order valence-corrected chi connectivity index (χ0v) is 13.5. The number of pyridine rings is 1. The highest BCUT2D eigenvalue weighted by Crippen LogP contribution is 2.19. The lowest BCUT2D eigenvalue weighted by Gasteiger charge is -2.13. The standard InChI is InChI=1S/C18H18N4O2/c1-13-12-22(15-8-4-3-5-9-15)21-18(13)24-14(2)17(23)20-16-10-6-7-11-19-16/h3-12,14H,1-2H3,(H,19,20,23)/t14-/m1/s1. The Kier molecular flexibility index (Phi) is 4.56. The molecule has 0 aliphatic carbocycles. The van der Waals surface area contributed by atoms with Gasteiger partial charge in [0.1, 0.15) is 5.82 Å². The summed E-state index contributed by atoms with van der Waals surface area (Å²) in [4.78, 5) is 16.3. The van der Waals surface area contributed by atoms with E-state index in [0.29, 0.717) is 11.7 Å². The highest BCUT2D eigenvalue weighted by Gasteiger charge is 2.18. The number of nitrogens with one attached hydrogen (secondary N) is 1. The second kappa shape index (κ2) is 6.95. The highest BCUT2D eigenvalue weighted by atomic mass is 16.5. The topological polar surface area (TPSA) is 69.0 Å². The average molecular weight is 322 g/mol. The van der Waals surface area contributed by atoms with Gasteiger partial charge in [0.15, 0.2) is 6.10 Å². The Balaban J connectivity index is 1.69. The molecule has 6 nitrogen and oxygen atoms in total. The summed E-state index contributed by atoms with van der Waals surface area (Å²) in [5.74, 6) is 0.648. The van der Waals surface area contributed by atoms with E-state index < -0.39 is 6.10 Å². The maximum Gasteiger partial charge on any atom is 0.266 e. The van der Waals surface area contributed by atoms with Crippen LogP contribution in [0, 0.1) is 6.92 Å². The number of benzene rings is 1. The number of aromatic nitrogens is 3. The summed E-state index contributed by atoms with van der Waals surface area (Å²) >= 11 is 0. The third-order valence-corrected chi connectivity index (χ3v) is 3.45. The molecule has 0 fully saturated rings. The molecule has 0 bridgehead atoms. The SMILES string of the molecule is Cc1cn(-c2ccccc2)nc1O[C@H](C)C(=O)Nc1ccccn1. The molecule has 0 unspecified atom stereocenters. The van der Waals surface area contributed by atoms with Crippen molar-refractivity contribution in [1.29, 1.82) is 0 Å². The molecule has 24 heavy (non-hydrogen) atoms. The number of hydrogen-bond acceptors (Lipinski definition) is 4. The van der Waals surface area contributed by atoms with Crippen molar-refractivity contribution in [2.45, 2.75) is 20.0 Å². The van der Waals surface area contributed by atoms with E-state index in [9.17, 15) is 4.79 Å². The summed E-state index contributed by atoms with van der Waals surface area (Å²) in [5, 5.41) is 7.12. The number of anilines is 1. The lowest BCUT2D eigenvalue weighted by molar-refractivity contribution is -0.122. The van der Waals surface area contributed by atoms with Crippen LogP contribution in [0.1, 0.15) is 12.5 Å². The summed E-state index contributed by atoms with van der Waals surface area (Å²) in [6.07, 6.45) is 2.80. The Morgan fingerprint density at radius 2 is 1.92 bits per heavy atom. The Morgan fingerprint density at radius 1 is 1.17 bits per heavy atom. The second-order valence-corrected chi connectivity index (χ2v) is 5.36. The second-order valence-electron chi connectivity index (χ2n) is 5.36. The highest BCUT2D eigenvalue weighted by molar-refractivity contribution is 5.93. The third-order valence-electron chi connectivity index (χ3n) is 3.45. The maximum absolute atomic E-state index is 12.2. The fourth-order valence-electron chi connectivity index (χ4n) is 2.16. The summed E-state index contributed by atoms with van der Waals surface area (Å²) in [7, 11) is 0. The number of para-hydroxylation sites is 1. The van der Waals surface area contributed by atoms with E-state index in [2.05, 4.69) is 15.4 Å². The van der Waals surface area contributed by atoms with Crippen molar-refractivity contribution in [2.24, 2.45) is 0 Å². The van der Waals surface area contributed by atoms with Crippen molar-refractivity contribution in [3.05, 3.63) is 66.5 Å². The van der Waals surface area contributed by atoms with E-state index in [1.807, 2.05) is 43.5 Å². The molecule has 3 rings (SSSR count). The first kappa shape index (κ1) is 15.7. The molecule has 3 aromatic rings. The first-order valence-corrected chi connectivity index (χ1v) is 7.64. The Morgan fingerprint density at radius 3 is 2.62 bits per heavy atom. The van der Waals surface area contributed by atoms with Crippen LogP contribution in [0.2, 0.25) is 0 Å². The van der Waals surface area contributed by atoms with Crippen LogP contribution in [0.4, 0.5) is 5.82 Å². The molecule has 1 aromatic carbocycles. The summed E-state index contributed by atoms with van der Waals surface area (Å²) in [6, 6.07) is 15.0. The molecule has 0 saturated heterocycles. The molecular weight excluding hydrogens is 304 g/mol. The number of carbonyl (C=O) groups excluding carboxylic acids is 1. The van der Waals surface area contributed by atoms with Gasteiger partial charge in [-0.1, -0.05) is 24.3 Å². The van der Waals surface area contributed by atoms with Crippen molar-refractivity contribution in [1.82, 2.24) is 14.8 Å². The quantitative estimate of drug-likeness (QED) is 0.784. The molecule has 1 amide bonds. The first-order chi connectivity index (χ1) is 11.6. The first-order valence-electron chi connectivity index (χ1n) is 7.64. The van der Waals surface area contributed by atoms with Crippen LogP contribution in [0.25, 0.3) is 5.69 Å². The Labute approximate surface area is 140 Å². The van der Waals surface area contributed by atoms with Gasteiger partial charge in [-0.3, -0.25) is 4.79 Å². The van der Waals surface area contributed by atoms with Gasteiger partial charge in [-0.05, 0) is 38.1 Å². The van der Waals surface area contributed by atoms with E-state index in [0.717, 1.165) is 11.3 Å². The summed E-state index contributed by atoms with van der Waals surface area (Å²) in [5.41, 5.74) is 1.79. The number of carbonyl (C=O) groups is 1.